The van der Waals surface area contributed by atoms with Gasteiger partial charge < -0.3 is 14.6 Å². The van der Waals surface area contributed by atoms with Crippen molar-refractivity contribution in [1.29, 1.82) is 0 Å². The Morgan fingerprint density at radius 3 is 2.81 bits per heavy atom. The summed E-state index contributed by atoms with van der Waals surface area (Å²) < 4.78 is 5.55. The Labute approximate surface area is 124 Å². The smallest absolute Gasteiger partial charge is 0.195 e. The monoisotopic (exact) mass is 286 g/mol. The van der Waals surface area contributed by atoms with Crippen molar-refractivity contribution in [2.45, 2.75) is 19.3 Å². The molecule has 1 aliphatic rings. The number of rotatable bonds is 5. The second-order valence-electron chi connectivity index (χ2n) is 5.63. The van der Waals surface area contributed by atoms with Gasteiger partial charge in [-0.15, -0.1) is 0 Å². The molecule has 112 valence electrons. The van der Waals surface area contributed by atoms with Crippen molar-refractivity contribution in [2.75, 3.05) is 32.7 Å². The molecule has 0 saturated carbocycles. The quantitative estimate of drug-likeness (QED) is 0.854. The topological polar surface area (TPSA) is 45.5 Å². The molecule has 0 amide bonds. The normalized spacial score (nSPS) is 16.4. The van der Waals surface area contributed by atoms with Crippen molar-refractivity contribution in [3.63, 3.8) is 0 Å². The molecule has 2 aromatic rings. The van der Waals surface area contributed by atoms with Crippen LogP contribution in [0, 0.1) is 0 Å². The predicted octanol–water partition coefficient (Wildman–Crippen LogP) is 2.02. The summed E-state index contributed by atoms with van der Waals surface area (Å²) in [5.41, 5.74) is 1.60. The average molecular weight is 286 g/mol. The summed E-state index contributed by atoms with van der Waals surface area (Å²) in [4.78, 5) is 14.8. The molecular weight excluding hydrogens is 264 g/mol. The van der Waals surface area contributed by atoms with Crippen molar-refractivity contribution >= 4 is 11.0 Å². The molecule has 0 aliphatic carbocycles. The van der Waals surface area contributed by atoms with Crippen LogP contribution in [0.25, 0.3) is 11.0 Å². The Kier molecular flexibility index (Phi) is 4.68. The first kappa shape index (κ1) is 14.3. The molecule has 0 bridgehead atoms. The molecule has 1 aromatic carbocycles. The van der Waals surface area contributed by atoms with E-state index in [0.29, 0.717) is 11.0 Å². The van der Waals surface area contributed by atoms with Gasteiger partial charge in [0, 0.05) is 31.7 Å². The first-order valence-electron chi connectivity index (χ1n) is 7.77. The van der Waals surface area contributed by atoms with E-state index >= 15 is 0 Å². The second-order valence-corrected chi connectivity index (χ2v) is 5.63. The number of piperazine rings is 1. The Bertz CT molecular complexity index is 645. The van der Waals surface area contributed by atoms with Crippen molar-refractivity contribution in [2.24, 2.45) is 0 Å². The first-order valence-corrected chi connectivity index (χ1v) is 7.77. The summed E-state index contributed by atoms with van der Waals surface area (Å²) in [6.07, 6.45) is 4.61. The van der Waals surface area contributed by atoms with E-state index in [-0.39, 0.29) is 5.43 Å². The number of nitrogens with one attached hydrogen (secondary N) is 1. The van der Waals surface area contributed by atoms with Gasteiger partial charge in [0.15, 0.2) is 5.43 Å². The summed E-state index contributed by atoms with van der Waals surface area (Å²) in [5.74, 6) is 0. The molecule has 1 aromatic heterocycles. The van der Waals surface area contributed by atoms with Crippen LogP contribution in [0.5, 0.6) is 0 Å². The maximum absolute atomic E-state index is 12.3. The predicted molar refractivity (Wildman–Crippen MR) is 84.7 cm³/mol. The van der Waals surface area contributed by atoms with Gasteiger partial charge in [0.1, 0.15) is 5.58 Å². The van der Waals surface area contributed by atoms with Gasteiger partial charge in [-0.3, -0.25) is 4.79 Å². The Hall–Kier alpha value is -1.65. The molecule has 1 N–H and O–H groups in total. The van der Waals surface area contributed by atoms with Crippen LogP contribution in [0.3, 0.4) is 0 Å². The Morgan fingerprint density at radius 2 is 1.95 bits per heavy atom. The number of aryl methyl sites for hydroxylation is 1. The van der Waals surface area contributed by atoms with Crippen LogP contribution in [-0.4, -0.2) is 37.6 Å². The van der Waals surface area contributed by atoms with E-state index in [1.807, 2.05) is 24.3 Å². The lowest BCUT2D eigenvalue weighted by Crippen LogP contribution is -2.43. The van der Waals surface area contributed by atoms with Gasteiger partial charge in [-0.25, -0.2) is 0 Å². The van der Waals surface area contributed by atoms with E-state index in [1.165, 1.54) is 0 Å². The highest BCUT2D eigenvalue weighted by Crippen LogP contribution is 2.12. The fraction of sp³-hybridized carbons (Fsp3) is 0.471. The number of nitrogens with zero attached hydrogens (tertiary/aromatic N) is 1. The number of benzene rings is 1. The van der Waals surface area contributed by atoms with Crippen LogP contribution in [-0.2, 0) is 6.42 Å². The zero-order chi connectivity index (χ0) is 14.5. The van der Waals surface area contributed by atoms with E-state index in [4.69, 9.17) is 4.42 Å². The molecule has 0 unspecified atom stereocenters. The minimum absolute atomic E-state index is 0.124. The van der Waals surface area contributed by atoms with Crippen LogP contribution in [0.2, 0.25) is 0 Å². The number of hydrogen-bond donors (Lipinski definition) is 1. The molecule has 21 heavy (non-hydrogen) atoms. The van der Waals surface area contributed by atoms with Crippen LogP contribution >= 0.6 is 0 Å². The van der Waals surface area contributed by atoms with Crippen LogP contribution in [0.4, 0.5) is 0 Å². The first-order chi connectivity index (χ1) is 10.3. The zero-order valence-electron chi connectivity index (χ0n) is 12.3. The maximum Gasteiger partial charge on any atom is 0.195 e. The van der Waals surface area contributed by atoms with Gasteiger partial charge in [-0.2, -0.15) is 0 Å². The van der Waals surface area contributed by atoms with E-state index in [9.17, 15) is 4.79 Å². The molecule has 4 nitrogen and oxygen atoms in total. The number of unbranched alkanes of at least 4 members (excludes halogenated alkanes) is 1. The molecule has 1 saturated heterocycles. The summed E-state index contributed by atoms with van der Waals surface area (Å²) in [7, 11) is 0. The third-order valence-electron chi connectivity index (χ3n) is 4.13. The van der Waals surface area contributed by atoms with Gasteiger partial charge in [-0.1, -0.05) is 12.1 Å². The SMILES string of the molecule is O=c1c(CCCCN2CCNCC2)coc2ccccc12. The van der Waals surface area contributed by atoms with Gasteiger partial charge in [0.05, 0.1) is 11.6 Å². The van der Waals surface area contributed by atoms with Gasteiger partial charge in [0.25, 0.3) is 0 Å². The fourth-order valence-corrected chi connectivity index (χ4v) is 2.88. The second kappa shape index (κ2) is 6.87. The molecule has 1 aliphatic heterocycles. The van der Waals surface area contributed by atoms with Crippen LogP contribution in [0.15, 0.2) is 39.7 Å². The van der Waals surface area contributed by atoms with Crippen molar-refractivity contribution in [3.8, 4) is 0 Å². The third kappa shape index (κ3) is 3.52. The summed E-state index contributed by atoms with van der Waals surface area (Å²) in [5, 5.41) is 4.05. The van der Waals surface area contributed by atoms with Gasteiger partial charge >= 0.3 is 0 Å². The van der Waals surface area contributed by atoms with Crippen molar-refractivity contribution < 1.29 is 4.42 Å². The highest BCUT2D eigenvalue weighted by molar-refractivity contribution is 5.76. The van der Waals surface area contributed by atoms with E-state index in [2.05, 4.69) is 10.2 Å². The molecule has 3 rings (SSSR count). The fourth-order valence-electron chi connectivity index (χ4n) is 2.88. The lowest BCUT2D eigenvalue weighted by molar-refractivity contribution is 0.237. The Morgan fingerprint density at radius 1 is 1.14 bits per heavy atom. The molecular formula is C17H22N2O2. The van der Waals surface area contributed by atoms with Crippen molar-refractivity contribution in [1.82, 2.24) is 10.2 Å². The van der Waals surface area contributed by atoms with Crippen LogP contribution < -0.4 is 10.7 Å². The molecule has 0 atom stereocenters. The molecule has 0 radical (unpaired) electrons. The minimum Gasteiger partial charge on any atom is -0.464 e. The number of hydrogen-bond acceptors (Lipinski definition) is 4. The standard InChI is InChI=1S/C17H22N2O2/c20-17-14(13-21-16-7-2-1-6-15(16)17)5-3-4-10-19-11-8-18-9-12-19/h1-2,6-7,13,18H,3-5,8-12H2. The summed E-state index contributed by atoms with van der Waals surface area (Å²) in [6, 6.07) is 7.45. The highest BCUT2D eigenvalue weighted by Gasteiger charge is 2.09. The lowest BCUT2D eigenvalue weighted by atomic mass is 10.1. The third-order valence-corrected chi connectivity index (χ3v) is 4.13. The summed E-state index contributed by atoms with van der Waals surface area (Å²) in [6.45, 7) is 5.58. The minimum atomic E-state index is 0.124. The van der Waals surface area contributed by atoms with Gasteiger partial charge in [0.2, 0.25) is 0 Å². The average Bonchev–Trinajstić information content (AvgIpc) is 2.55. The number of fused-ring (bicyclic) bond motifs is 1. The zero-order valence-corrected chi connectivity index (χ0v) is 12.3. The van der Waals surface area contributed by atoms with Crippen molar-refractivity contribution in [3.05, 3.63) is 46.3 Å². The van der Waals surface area contributed by atoms with E-state index < -0.39 is 0 Å². The van der Waals surface area contributed by atoms with E-state index in [1.54, 1.807) is 6.26 Å². The highest BCUT2D eigenvalue weighted by atomic mass is 16.3. The lowest BCUT2D eigenvalue weighted by Gasteiger charge is -2.26. The molecule has 4 heteroatoms. The largest absolute Gasteiger partial charge is 0.464 e. The molecule has 0 spiro atoms. The van der Waals surface area contributed by atoms with Gasteiger partial charge in [-0.05, 0) is 37.9 Å². The molecule has 2 heterocycles. The van der Waals surface area contributed by atoms with Crippen LogP contribution in [0.1, 0.15) is 18.4 Å². The summed E-state index contributed by atoms with van der Waals surface area (Å²) >= 11 is 0. The molecule has 1 fully saturated rings. The van der Waals surface area contributed by atoms with E-state index in [0.717, 1.165) is 57.5 Å². The number of para-hydroxylation sites is 1. The Balaban J connectivity index is 1.55. The maximum atomic E-state index is 12.3.